The summed E-state index contributed by atoms with van der Waals surface area (Å²) >= 11 is 0. The number of amides is 1. The molecule has 2 heteroatoms. The molecule has 1 atom stereocenters. The van der Waals surface area contributed by atoms with E-state index in [1.54, 1.807) is 13.1 Å². The van der Waals surface area contributed by atoms with Crippen molar-refractivity contribution in [1.82, 2.24) is 5.32 Å². The smallest absolute Gasteiger partial charge is 0.226 e. The van der Waals surface area contributed by atoms with Gasteiger partial charge in [-0.15, -0.1) is 0 Å². The van der Waals surface area contributed by atoms with Gasteiger partial charge in [0.2, 0.25) is 5.91 Å². The maximum absolute atomic E-state index is 11.0. The van der Waals surface area contributed by atoms with Gasteiger partial charge in [-0.25, -0.2) is 0 Å². The van der Waals surface area contributed by atoms with Gasteiger partial charge >= 0.3 is 0 Å². The molecule has 1 amide bonds. The third kappa shape index (κ3) is 4.50. The lowest BCUT2D eigenvalue weighted by atomic mass is 10.1. The van der Waals surface area contributed by atoms with Gasteiger partial charge in [-0.1, -0.05) is 43.9 Å². The second-order valence-electron chi connectivity index (χ2n) is 2.41. The summed E-state index contributed by atoms with van der Waals surface area (Å²) in [6, 6.07) is 0. The zero-order valence-corrected chi connectivity index (χ0v) is 7.58. The maximum atomic E-state index is 11.0. The molecular weight excluding hydrogens is 150 g/mol. The second-order valence-corrected chi connectivity index (χ2v) is 2.41. The lowest BCUT2D eigenvalue weighted by Gasteiger charge is -2.01. The van der Waals surface area contributed by atoms with Gasteiger partial charge in [0, 0.05) is 7.05 Å². The Morgan fingerprint density at radius 3 is 2.58 bits per heavy atom. The molecule has 2 nitrogen and oxygen atoms in total. The number of hydrogen-bond donors (Lipinski definition) is 1. The molecule has 0 bridgehead atoms. The molecule has 66 valence electrons. The van der Waals surface area contributed by atoms with E-state index in [1.807, 2.05) is 31.2 Å². The Kier molecular flexibility index (Phi) is 5.70. The van der Waals surface area contributed by atoms with Crippen molar-refractivity contribution in [2.45, 2.75) is 6.92 Å². The monoisotopic (exact) mass is 165 g/mol. The lowest BCUT2D eigenvalue weighted by molar-refractivity contribution is -0.122. The quantitative estimate of drug-likeness (QED) is 0.631. The van der Waals surface area contributed by atoms with E-state index in [4.69, 9.17) is 0 Å². The Bertz CT molecular complexity index is 204. The fourth-order valence-corrected chi connectivity index (χ4v) is 0.689. The van der Waals surface area contributed by atoms with Crippen LogP contribution in [0.5, 0.6) is 0 Å². The van der Waals surface area contributed by atoms with Gasteiger partial charge in [0.1, 0.15) is 0 Å². The summed E-state index contributed by atoms with van der Waals surface area (Å²) in [6.45, 7) is 5.37. The molecule has 0 aromatic rings. The summed E-state index contributed by atoms with van der Waals surface area (Å²) in [6.07, 6.45) is 9.01. The van der Waals surface area contributed by atoms with E-state index < -0.39 is 0 Å². The molecular formula is C10H15NO. The van der Waals surface area contributed by atoms with E-state index >= 15 is 0 Å². The molecule has 0 fully saturated rings. The molecule has 0 saturated carbocycles. The van der Waals surface area contributed by atoms with Crippen molar-refractivity contribution >= 4 is 5.91 Å². The van der Waals surface area contributed by atoms with Gasteiger partial charge in [0.05, 0.1) is 5.92 Å². The normalized spacial score (nSPS) is 13.5. The Hall–Kier alpha value is -1.31. The molecule has 0 aromatic carbocycles. The predicted molar refractivity (Wildman–Crippen MR) is 51.7 cm³/mol. The highest BCUT2D eigenvalue weighted by atomic mass is 16.1. The van der Waals surface area contributed by atoms with E-state index in [-0.39, 0.29) is 11.8 Å². The highest BCUT2D eigenvalue weighted by molar-refractivity contribution is 5.79. The third-order valence-electron chi connectivity index (χ3n) is 1.42. The topological polar surface area (TPSA) is 29.1 Å². The Morgan fingerprint density at radius 2 is 2.08 bits per heavy atom. The first-order valence-electron chi connectivity index (χ1n) is 3.90. The Balaban J connectivity index is 3.90. The van der Waals surface area contributed by atoms with Crippen molar-refractivity contribution in [3.8, 4) is 0 Å². The van der Waals surface area contributed by atoms with Crippen molar-refractivity contribution in [3.05, 3.63) is 37.0 Å². The number of carbonyl (C=O) groups is 1. The minimum atomic E-state index is -0.0792. The number of rotatable bonds is 4. The summed E-state index contributed by atoms with van der Waals surface area (Å²) in [5.41, 5.74) is 0. The van der Waals surface area contributed by atoms with Gasteiger partial charge in [-0.3, -0.25) is 4.79 Å². The van der Waals surface area contributed by atoms with E-state index in [0.717, 1.165) is 0 Å². The van der Waals surface area contributed by atoms with Crippen molar-refractivity contribution in [2.24, 2.45) is 5.92 Å². The lowest BCUT2D eigenvalue weighted by Crippen LogP contribution is -2.23. The van der Waals surface area contributed by atoms with Crippen LogP contribution in [0.25, 0.3) is 0 Å². The van der Waals surface area contributed by atoms with Crippen LogP contribution in [-0.2, 0) is 4.79 Å². The molecule has 0 aliphatic rings. The highest BCUT2D eigenvalue weighted by Gasteiger charge is 2.04. The van der Waals surface area contributed by atoms with Crippen LogP contribution in [0.1, 0.15) is 6.92 Å². The van der Waals surface area contributed by atoms with Crippen LogP contribution in [-0.4, -0.2) is 13.0 Å². The molecule has 1 unspecified atom stereocenters. The molecule has 0 heterocycles. The fraction of sp³-hybridized carbons (Fsp3) is 0.300. The zero-order valence-electron chi connectivity index (χ0n) is 7.58. The maximum Gasteiger partial charge on any atom is 0.226 e. The largest absolute Gasteiger partial charge is 0.359 e. The van der Waals surface area contributed by atoms with Crippen LogP contribution in [0, 0.1) is 5.92 Å². The molecule has 0 saturated heterocycles. The first kappa shape index (κ1) is 10.7. The summed E-state index contributed by atoms with van der Waals surface area (Å²) in [7, 11) is 1.63. The van der Waals surface area contributed by atoms with Crippen LogP contribution in [0.3, 0.4) is 0 Å². The fourth-order valence-electron chi connectivity index (χ4n) is 0.689. The molecule has 0 aliphatic heterocycles. The van der Waals surface area contributed by atoms with E-state index in [0.29, 0.717) is 0 Å². The van der Waals surface area contributed by atoms with E-state index in [1.165, 1.54) is 0 Å². The molecule has 12 heavy (non-hydrogen) atoms. The van der Waals surface area contributed by atoms with Crippen molar-refractivity contribution in [3.63, 3.8) is 0 Å². The zero-order chi connectivity index (χ0) is 9.40. The summed E-state index contributed by atoms with van der Waals surface area (Å²) in [4.78, 5) is 11.0. The van der Waals surface area contributed by atoms with Gasteiger partial charge in [-0.05, 0) is 0 Å². The molecule has 1 N–H and O–H groups in total. The van der Waals surface area contributed by atoms with Crippen LogP contribution in [0.15, 0.2) is 37.0 Å². The number of carbonyl (C=O) groups excluding carboxylic acids is 1. The minimum Gasteiger partial charge on any atom is -0.359 e. The summed E-state index contributed by atoms with van der Waals surface area (Å²) in [5, 5.41) is 2.57. The Morgan fingerprint density at radius 1 is 1.42 bits per heavy atom. The summed E-state index contributed by atoms with van der Waals surface area (Å²) < 4.78 is 0. The van der Waals surface area contributed by atoms with Gasteiger partial charge in [-0.2, -0.15) is 0 Å². The van der Waals surface area contributed by atoms with Crippen molar-refractivity contribution in [1.29, 1.82) is 0 Å². The summed E-state index contributed by atoms with van der Waals surface area (Å²) in [5.74, 6) is -0.0530. The molecule has 0 radical (unpaired) electrons. The van der Waals surface area contributed by atoms with Gasteiger partial charge in [0.25, 0.3) is 0 Å². The first-order valence-corrected chi connectivity index (χ1v) is 3.90. The van der Waals surface area contributed by atoms with E-state index in [9.17, 15) is 4.79 Å². The highest BCUT2D eigenvalue weighted by Crippen LogP contribution is 1.96. The molecule has 0 spiro atoms. The van der Waals surface area contributed by atoms with Gasteiger partial charge < -0.3 is 5.32 Å². The second kappa shape index (κ2) is 6.40. The van der Waals surface area contributed by atoms with Crippen molar-refractivity contribution < 1.29 is 4.79 Å². The number of hydrogen-bond acceptors (Lipinski definition) is 1. The third-order valence-corrected chi connectivity index (χ3v) is 1.42. The van der Waals surface area contributed by atoms with Crippen LogP contribution < -0.4 is 5.32 Å². The minimum absolute atomic E-state index is 0.0262. The number of nitrogens with one attached hydrogen (secondary N) is 1. The van der Waals surface area contributed by atoms with Crippen molar-refractivity contribution in [2.75, 3.05) is 7.05 Å². The molecule has 0 aromatic heterocycles. The molecule has 0 aliphatic carbocycles. The van der Waals surface area contributed by atoms with Crippen LogP contribution >= 0.6 is 0 Å². The predicted octanol–water partition coefficient (Wildman–Crippen LogP) is 1.67. The van der Waals surface area contributed by atoms with Gasteiger partial charge in [0.15, 0.2) is 0 Å². The number of allylic oxidation sites excluding steroid dienone is 4. The van der Waals surface area contributed by atoms with Crippen LogP contribution in [0.2, 0.25) is 0 Å². The first-order chi connectivity index (χ1) is 5.72. The average Bonchev–Trinajstić information content (AvgIpc) is 2.10. The SMILES string of the molecule is C=CC=CC=CC(C)C(=O)NC. The molecule has 0 rings (SSSR count). The standard InChI is InChI=1S/C10H15NO/c1-4-5-6-7-8-9(2)10(12)11-3/h4-9H,1H2,2-3H3,(H,11,12). The van der Waals surface area contributed by atoms with E-state index in [2.05, 4.69) is 11.9 Å². The average molecular weight is 165 g/mol. The van der Waals surface area contributed by atoms with Crippen LogP contribution in [0.4, 0.5) is 0 Å². The Labute approximate surface area is 73.7 Å².